The van der Waals surface area contributed by atoms with Crippen LogP contribution < -0.4 is 0 Å². The molecule has 0 spiro atoms. The van der Waals surface area contributed by atoms with Gasteiger partial charge < -0.3 is 23.7 Å². The molecule has 1 aromatic heterocycles. The van der Waals surface area contributed by atoms with Gasteiger partial charge in [0.1, 0.15) is 19.3 Å². The van der Waals surface area contributed by atoms with Gasteiger partial charge in [-0.1, -0.05) is 5.21 Å². The number of nitrogens with zero attached hydrogens (tertiary/aromatic N) is 4. The van der Waals surface area contributed by atoms with E-state index in [1.165, 1.54) is 13.1 Å². The highest BCUT2D eigenvalue weighted by atomic mass is 32.2. The Morgan fingerprint density at radius 3 is 2.24 bits per heavy atom. The fourth-order valence-electron chi connectivity index (χ4n) is 3.10. The Hall–Kier alpha value is -3.11. The molecule has 0 N–H and O–H groups in total. The molecule has 2 heterocycles. The van der Waals surface area contributed by atoms with Crippen molar-refractivity contribution in [1.82, 2.24) is 19.3 Å². The van der Waals surface area contributed by atoms with E-state index in [1.807, 2.05) is 0 Å². The summed E-state index contributed by atoms with van der Waals surface area (Å²) in [5, 5.41) is 7.79. The van der Waals surface area contributed by atoms with Gasteiger partial charge in [-0.05, 0) is 0 Å². The summed E-state index contributed by atoms with van der Waals surface area (Å²) in [6, 6.07) is 0. The van der Waals surface area contributed by atoms with Crippen LogP contribution in [0.4, 0.5) is 0 Å². The first-order valence-electron chi connectivity index (χ1n) is 9.87. The van der Waals surface area contributed by atoms with Crippen LogP contribution in [0.15, 0.2) is 6.20 Å². The van der Waals surface area contributed by atoms with Crippen LogP contribution in [0.1, 0.15) is 32.7 Å². The maximum Gasteiger partial charge on any atom is 0.321 e. The second-order valence-corrected chi connectivity index (χ2v) is 9.30. The largest absolute Gasteiger partial charge is 0.468 e. The van der Waals surface area contributed by atoms with Gasteiger partial charge in [-0.3, -0.25) is 19.2 Å². The fourth-order valence-corrected chi connectivity index (χ4v) is 3.80. The molecule has 0 radical (unpaired) electrons. The summed E-state index contributed by atoms with van der Waals surface area (Å²) in [4.78, 5) is 46.1. The average molecular weight is 506 g/mol. The van der Waals surface area contributed by atoms with Crippen molar-refractivity contribution in [2.24, 2.45) is 0 Å². The summed E-state index contributed by atoms with van der Waals surface area (Å²) in [7, 11) is -2.68. The Balaban J connectivity index is 2.32. The lowest BCUT2D eigenvalue weighted by Crippen LogP contribution is -2.40. The molecule has 0 amide bonds. The van der Waals surface area contributed by atoms with Crippen molar-refractivity contribution >= 4 is 33.9 Å². The third-order valence-corrected chi connectivity index (χ3v) is 5.70. The molecule has 2 rings (SSSR count). The Labute approximate surface area is 195 Å². The van der Waals surface area contributed by atoms with Crippen molar-refractivity contribution < 1.29 is 51.3 Å². The molecule has 16 heteroatoms. The first kappa shape index (κ1) is 27.1. The van der Waals surface area contributed by atoms with Crippen LogP contribution in [0.2, 0.25) is 0 Å². The molecule has 1 aliphatic heterocycles. The predicted octanol–water partition coefficient (Wildman–Crippen LogP) is -1.46. The molecular formula is C18H26N4O11S. The zero-order valence-corrected chi connectivity index (χ0v) is 20.0. The molecule has 1 saturated heterocycles. The quantitative estimate of drug-likeness (QED) is 0.265. The van der Waals surface area contributed by atoms with Crippen LogP contribution in [-0.2, 0) is 59.4 Å². The minimum Gasteiger partial charge on any atom is -0.468 e. The van der Waals surface area contributed by atoms with Crippen LogP contribution in [-0.4, -0.2) is 96.4 Å². The summed E-state index contributed by atoms with van der Waals surface area (Å²) in [6.07, 6.45) is -2.23. The van der Waals surface area contributed by atoms with Crippen molar-refractivity contribution in [3.05, 3.63) is 11.9 Å². The van der Waals surface area contributed by atoms with Crippen LogP contribution >= 0.6 is 0 Å². The highest BCUT2D eigenvalue weighted by molar-refractivity contribution is 7.88. The number of sulfonamides is 1. The number of methoxy groups -OCH3 is 1. The number of rotatable bonds is 10. The van der Waals surface area contributed by atoms with E-state index in [4.69, 9.17) is 18.9 Å². The molecule has 15 nitrogen and oxygen atoms in total. The van der Waals surface area contributed by atoms with Gasteiger partial charge in [0, 0.05) is 20.8 Å². The van der Waals surface area contributed by atoms with E-state index in [-0.39, 0.29) is 18.8 Å². The van der Waals surface area contributed by atoms with E-state index in [9.17, 15) is 27.6 Å². The number of aromatic nitrogens is 3. The van der Waals surface area contributed by atoms with Crippen molar-refractivity contribution in [1.29, 1.82) is 0 Å². The number of carbonyl (C=O) groups is 4. The van der Waals surface area contributed by atoms with E-state index in [0.29, 0.717) is 0 Å². The van der Waals surface area contributed by atoms with Crippen LogP contribution in [0.5, 0.6) is 0 Å². The lowest BCUT2D eigenvalue weighted by atomic mass is 10.1. The summed E-state index contributed by atoms with van der Waals surface area (Å²) < 4.78 is 51.9. The Bertz CT molecular complexity index is 1020. The summed E-state index contributed by atoms with van der Waals surface area (Å²) in [6.45, 7) is 2.31. The van der Waals surface area contributed by atoms with Crippen LogP contribution in [0, 0.1) is 0 Å². The number of carbonyl (C=O) groups excluding carboxylic acids is 4. The van der Waals surface area contributed by atoms with Crippen molar-refractivity contribution in [3.63, 3.8) is 0 Å². The van der Waals surface area contributed by atoms with Gasteiger partial charge in [0.15, 0.2) is 18.4 Å². The third-order valence-electron chi connectivity index (χ3n) is 4.50. The van der Waals surface area contributed by atoms with Gasteiger partial charge in [0.05, 0.1) is 31.8 Å². The van der Waals surface area contributed by atoms with Crippen molar-refractivity contribution in [2.45, 2.75) is 51.9 Å². The molecular weight excluding hydrogens is 480 g/mol. The van der Waals surface area contributed by atoms with Crippen LogP contribution in [0.3, 0.4) is 0 Å². The van der Waals surface area contributed by atoms with E-state index < -0.39 is 65.0 Å². The number of hydrogen-bond donors (Lipinski definition) is 0. The highest BCUT2D eigenvalue weighted by Crippen LogP contribution is 2.34. The number of hydrogen-bond acceptors (Lipinski definition) is 13. The van der Waals surface area contributed by atoms with Gasteiger partial charge in [0.25, 0.3) is 0 Å². The monoisotopic (exact) mass is 506 g/mol. The second kappa shape index (κ2) is 11.3. The maximum atomic E-state index is 12.0. The molecule has 34 heavy (non-hydrogen) atoms. The lowest BCUT2D eigenvalue weighted by Gasteiger charge is -2.23. The lowest BCUT2D eigenvalue weighted by molar-refractivity contribution is -0.166. The standard InChI is InChI=1S/C18H26N4O11S/c1-10(23)30-9-14-16(31-11(2)24)17(32-12(3)25)18(33-14)22-7-13(19-20-22)6-21(34(5,27)28)8-15(26)29-4/h7,14,16-18H,6,8-9H2,1-5H3/t14-,16-,17-,18-/m1/s1. The van der Waals surface area contributed by atoms with E-state index in [1.54, 1.807) is 0 Å². The molecule has 4 atom stereocenters. The third kappa shape index (κ3) is 7.46. The van der Waals surface area contributed by atoms with Crippen molar-refractivity contribution in [3.8, 4) is 0 Å². The van der Waals surface area contributed by atoms with Crippen LogP contribution in [0.25, 0.3) is 0 Å². The Morgan fingerprint density at radius 1 is 1.09 bits per heavy atom. The van der Waals surface area contributed by atoms with Gasteiger partial charge in [-0.15, -0.1) is 5.10 Å². The zero-order valence-electron chi connectivity index (χ0n) is 19.2. The Morgan fingerprint density at radius 2 is 1.71 bits per heavy atom. The van der Waals surface area contributed by atoms with Gasteiger partial charge in [-0.25, -0.2) is 13.1 Å². The highest BCUT2D eigenvalue weighted by Gasteiger charge is 2.51. The first-order valence-corrected chi connectivity index (χ1v) is 11.7. The summed E-state index contributed by atoms with van der Waals surface area (Å²) in [5.41, 5.74) is 0.131. The topological polar surface area (TPSA) is 183 Å². The van der Waals surface area contributed by atoms with Crippen molar-refractivity contribution in [2.75, 3.05) is 26.5 Å². The molecule has 0 aromatic carbocycles. The molecule has 190 valence electrons. The summed E-state index contributed by atoms with van der Waals surface area (Å²) in [5.74, 6) is -2.77. The SMILES string of the molecule is COC(=O)CN(Cc1cn([C@@H]2O[C@H](COC(C)=O)[C@@H](OC(C)=O)[C@H]2OC(C)=O)nn1)S(C)(=O)=O. The minimum atomic E-state index is -3.80. The molecule has 0 unspecified atom stereocenters. The van der Waals surface area contributed by atoms with Gasteiger partial charge in [-0.2, -0.15) is 4.31 Å². The first-order chi connectivity index (χ1) is 15.8. The predicted molar refractivity (Wildman–Crippen MR) is 109 cm³/mol. The van der Waals surface area contributed by atoms with Gasteiger partial charge in [0.2, 0.25) is 10.0 Å². The molecule has 0 bridgehead atoms. The smallest absolute Gasteiger partial charge is 0.321 e. The second-order valence-electron chi connectivity index (χ2n) is 7.31. The van der Waals surface area contributed by atoms with E-state index >= 15 is 0 Å². The molecule has 0 aliphatic carbocycles. The fraction of sp³-hybridized carbons (Fsp3) is 0.667. The molecule has 1 aromatic rings. The summed E-state index contributed by atoms with van der Waals surface area (Å²) >= 11 is 0. The van der Waals surface area contributed by atoms with E-state index in [2.05, 4.69) is 15.0 Å². The number of ether oxygens (including phenoxy) is 5. The molecule has 1 fully saturated rings. The zero-order chi connectivity index (χ0) is 25.6. The maximum absolute atomic E-state index is 12.0. The minimum absolute atomic E-state index is 0.131. The Kier molecular flexibility index (Phi) is 9.06. The van der Waals surface area contributed by atoms with E-state index in [0.717, 1.165) is 36.2 Å². The molecule has 0 saturated carbocycles. The van der Waals surface area contributed by atoms with Gasteiger partial charge >= 0.3 is 23.9 Å². The molecule has 1 aliphatic rings. The number of esters is 4. The average Bonchev–Trinajstić information content (AvgIpc) is 3.29. The normalized spacial score (nSPS) is 22.3.